The van der Waals surface area contributed by atoms with Gasteiger partial charge in [-0.15, -0.1) is 0 Å². The van der Waals surface area contributed by atoms with Gasteiger partial charge in [-0.2, -0.15) is 0 Å². The number of aryl methyl sites for hydroxylation is 2. The van der Waals surface area contributed by atoms with Gasteiger partial charge in [0.25, 0.3) is 0 Å². The lowest BCUT2D eigenvalue weighted by atomic mass is 10.1. The van der Waals surface area contributed by atoms with Crippen molar-refractivity contribution in [2.75, 3.05) is 0 Å². The molecular formula is C13H12N2O2. The number of nitrogens with zero attached hydrogens (tertiary/aromatic N) is 2. The number of benzene rings is 1. The van der Waals surface area contributed by atoms with Crippen molar-refractivity contribution in [1.82, 2.24) is 9.97 Å². The molecule has 0 radical (unpaired) electrons. The summed E-state index contributed by atoms with van der Waals surface area (Å²) in [5.41, 5.74) is 1.96. The SMILES string of the molecule is O=C(O)c1nccc(CCc2ccccc2)n1. The molecule has 17 heavy (non-hydrogen) atoms. The summed E-state index contributed by atoms with van der Waals surface area (Å²) >= 11 is 0. The normalized spacial score (nSPS) is 10.1. The van der Waals surface area contributed by atoms with Crippen molar-refractivity contribution in [3.8, 4) is 0 Å². The maximum atomic E-state index is 10.7. The molecule has 1 heterocycles. The highest BCUT2D eigenvalue weighted by atomic mass is 16.4. The lowest BCUT2D eigenvalue weighted by Crippen LogP contribution is -2.06. The van der Waals surface area contributed by atoms with Gasteiger partial charge in [-0.05, 0) is 24.5 Å². The van der Waals surface area contributed by atoms with Crippen LogP contribution in [0.1, 0.15) is 21.9 Å². The Morgan fingerprint density at radius 1 is 1.12 bits per heavy atom. The number of carboxylic acid groups (broad SMARTS) is 1. The smallest absolute Gasteiger partial charge is 0.373 e. The molecule has 0 spiro atoms. The van der Waals surface area contributed by atoms with Gasteiger partial charge in [0.15, 0.2) is 0 Å². The van der Waals surface area contributed by atoms with Crippen LogP contribution in [0, 0.1) is 0 Å². The van der Waals surface area contributed by atoms with E-state index in [4.69, 9.17) is 5.11 Å². The van der Waals surface area contributed by atoms with Crippen LogP contribution in [0.3, 0.4) is 0 Å². The molecule has 86 valence electrons. The van der Waals surface area contributed by atoms with E-state index in [9.17, 15) is 4.79 Å². The fraction of sp³-hybridized carbons (Fsp3) is 0.154. The lowest BCUT2D eigenvalue weighted by molar-refractivity contribution is 0.0683. The maximum Gasteiger partial charge on any atom is 0.373 e. The van der Waals surface area contributed by atoms with E-state index in [1.165, 1.54) is 11.8 Å². The monoisotopic (exact) mass is 228 g/mol. The van der Waals surface area contributed by atoms with Gasteiger partial charge in [0.2, 0.25) is 5.82 Å². The number of rotatable bonds is 4. The molecule has 0 bridgehead atoms. The summed E-state index contributed by atoms with van der Waals surface area (Å²) in [5, 5.41) is 8.77. The molecule has 0 saturated carbocycles. The van der Waals surface area contributed by atoms with Gasteiger partial charge in [0, 0.05) is 11.9 Å². The van der Waals surface area contributed by atoms with Gasteiger partial charge in [-0.25, -0.2) is 14.8 Å². The van der Waals surface area contributed by atoms with Gasteiger partial charge in [0.05, 0.1) is 0 Å². The summed E-state index contributed by atoms with van der Waals surface area (Å²) in [6.07, 6.45) is 3.04. The van der Waals surface area contributed by atoms with Crippen LogP contribution in [0.25, 0.3) is 0 Å². The predicted molar refractivity (Wildman–Crippen MR) is 62.8 cm³/mol. The largest absolute Gasteiger partial charge is 0.475 e. The third kappa shape index (κ3) is 3.11. The molecular weight excluding hydrogens is 216 g/mol. The number of aromatic carboxylic acids is 1. The van der Waals surface area contributed by atoms with E-state index in [0.29, 0.717) is 6.42 Å². The van der Waals surface area contributed by atoms with Crippen LogP contribution in [-0.4, -0.2) is 21.0 Å². The Balaban J connectivity index is 2.04. The zero-order chi connectivity index (χ0) is 12.1. The van der Waals surface area contributed by atoms with Crippen LogP contribution in [0.5, 0.6) is 0 Å². The molecule has 0 saturated heterocycles. The molecule has 0 aliphatic heterocycles. The lowest BCUT2D eigenvalue weighted by Gasteiger charge is -2.01. The summed E-state index contributed by atoms with van der Waals surface area (Å²) in [4.78, 5) is 18.4. The van der Waals surface area contributed by atoms with Crippen molar-refractivity contribution < 1.29 is 9.90 Å². The number of hydrogen-bond acceptors (Lipinski definition) is 3. The van der Waals surface area contributed by atoms with Crippen molar-refractivity contribution in [2.24, 2.45) is 0 Å². The minimum atomic E-state index is -1.09. The summed E-state index contributed by atoms with van der Waals surface area (Å²) in [6, 6.07) is 11.8. The number of aromatic nitrogens is 2. The first-order chi connectivity index (χ1) is 8.25. The van der Waals surface area contributed by atoms with E-state index in [2.05, 4.69) is 9.97 Å². The second-order valence-electron chi connectivity index (χ2n) is 3.66. The Labute approximate surface area is 99.0 Å². The highest BCUT2D eigenvalue weighted by molar-refractivity contribution is 5.82. The fourth-order valence-corrected chi connectivity index (χ4v) is 1.56. The van der Waals surface area contributed by atoms with E-state index >= 15 is 0 Å². The molecule has 2 rings (SSSR count). The Morgan fingerprint density at radius 2 is 1.88 bits per heavy atom. The van der Waals surface area contributed by atoms with Gasteiger partial charge in [-0.3, -0.25) is 0 Å². The van der Waals surface area contributed by atoms with Crippen LogP contribution in [-0.2, 0) is 12.8 Å². The van der Waals surface area contributed by atoms with Crippen molar-refractivity contribution in [3.63, 3.8) is 0 Å². The fourth-order valence-electron chi connectivity index (χ4n) is 1.56. The number of carbonyl (C=O) groups is 1. The highest BCUT2D eigenvalue weighted by Crippen LogP contribution is 2.05. The van der Waals surface area contributed by atoms with Gasteiger partial charge in [-0.1, -0.05) is 30.3 Å². The van der Waals surface area contributed by atoms with E-state index in [1.54, 1.807) is 6.07 Å². The summed E-state index contributed by atoms with van der Waals surface area (Å²) in [6.45, 7) is 0. The predicted octanol–water partition coefficient (Wildman–Crippen LogP) is 1.96. The molecule has 4 heteroatoms. The Morgan fingerprint density at radius 3 is 2.59 bits per heavy atom. The highest BCUT2D eigenvalue weighted by Gasteiger charge is 2.06. The zero-order valence-corrected chi connectivity index (χ0v) is 9.21. The average Bonchev–Trinajstić information content (AvgIpc) is 2.38. The van der Waals surface area contributed by atoms with Gasteiger partial charge >= 0.3 is 5.97 Å². The summed E-state index contributed by atoms with van der Waals surface area (Å²) in [5.74, 6) is -1.23. The van der Waals surface area contributed by atoms with Crippen LogP contribution >= 0.6 is 0 Å². The molecule has 0 amide bonds. The summed E-state index contributed by atoms with van der Waals surface area (Å²) in [7, 11) is 0. The molecule has 1 aromatic heterocycles. The standard InChI is InChI=1S/C13H12N2O2/c16-13(17)12-14-9-8-11(15-12)7-6-10-4-2-1-3-5-10/h1-5,8-9H,6-7H2,(H,16,17). The topological polar surface area (TPSA) is 63.1 Å². The van der Waals surface area contributed by atoms with Crippen LogP contribution < -0.4 is 0 Å². The summed E-state index contributed by atoms with van der Waals surface area (Å²) < 4.78 is 0. The Bertz CT molecular complexity index is 512. The van der Waals surface area contributed by atoms with Crippen LogP contribution in [0.4, 0.5) is 0 Å². The second-order valence-corrected chi connectivity index (χ2v) is 3.66. The molecule has 2 aromatic rings. The van der Waals surface area contributed by atoms with Gasteiger partial charge in [0.1, 0.15) is 0 Å². The molecule has 4 nitrogen and oxygen atoms in total. The average molecular weight is 228 g/mol. The quantitative estimate of drug-likeness (QED) is 0.868. The van der Waals surface area contributed by atoms with E-state index in [1.807, 2.05) is 30.3 Å². The van der Waals surface area contributed by atoms with E-state index in [0.717, 1.165) is 12.1 Å². The Hall–Kier alpha value is -2.23. The first-order valence-electron chi connectivity index (χ1n) is 5.35. The van der Waals surface area contributed by atoms with Crippen molar-refractivity contribution in [3.05, 3.63) is 59.7 Å². The molecule has 0 unspecified atom stereocenters. The third-order valence-corrected chi connectivity index (χ3v) is 2.42. The number of hydrogen-bond donors (Lipinski definition) is 1. The van der Waals surface area contributed by atoms with Crippen LogP contribution in [0.15, 0.2) is 42.6 Å². The van der Waals surface area contributed by atoms with Crippen molar-refractivity contribution in [2.45, 2.75) is 12.8 Å². The number of carboxylic acids is 1. The molecule has 1 aromatic carbocycles. The van der Waals surface area contributed by atoms with Crippen molar-refractivity contribution in [1.29, 1.82) is 0 Å². The maximum absolute atomic E-state index is 10.7. The minimum Gasteiger partial charge on any atom is -0.475 e. The first-order valence-corrected chi connectivity index (χ1v) is 5.35. The molecule has 0 aliphatic carbocycles. The second kappa shape index (κ2) is 5.21. The zero-order valence-electron chi connectivity index (χ0n) is 9.21. The van der Waals surface area contributed by atoms with Crippen LogP contribution in [0.2, 0.25) is 0 Å². The molecule has 0 aliphatic rings. The van der Waals surface area contributed by atoms with E-state index < -0.39 is 5.97 Å². The van der Waals surface area contributed by atoms with Gasteiger partial charge < -0.3 is 5.11 Å². The van der Waals surface area contributed by atoms with Crippen molar-refractivity contribution >= 4 is 5.97 Å². The minimum absolute atomic E-state index is 0.143. The molecule has 0 fully saturated rings. The third-order valence-electron chi connectivity index (χ3n) is 2.42. The van der Waals surface area contributed by atoms with E-state index in [-0.39, 0.29) is 5.82 Å². The first kappa shape index (κ1) is 11.3. The molecule has 0 atom stereocenters. The Kier molecular flexibility index (Phi) is 3.45. The molecule has 1 N–H and O–H groups in total.